The van der Waals surface area contributed by atoms with Crippen LogP contribution in [0, 0.1) is 19.8 Å². The first-order valence-corrected chi connectivity index (χ1v) is 10.2. The number of nitrogens with one attached hydrogen (secondary N) is 1. The Morgan fingerprint density at radius 3 is 2.71 bits per heavy atom. The van der Waals surface area contributed by atoms with Gasteiger partial charge in [-0.25, -0.2) is 4.98 Å². The number of Topliss-reactive ketones (excluding diaryl/α,β-unsaturated/α-hetero) is 1. The number of aryl methyl sites for hydroxylation is 2. The zero-order valence-corrected chi connectivity index (χ0v) is 16.6. The number of hydrogen-bond donors (Lipinski definition) is 1. The molecule has 0 bridgehead atoms. The van der Waals surface area contributed by atoms with E-state index in [-0.39, 0.29) is 23.2 Å². The molecule has 6 nitrogen and oxygen atoms in total. The van der Waals surface area contributed by atoms with E-state index in [4.69, 9.17) is 0 Å². The van der Waals surface area contributed by atoms with Gasteiger partial charge in [0.25, 0.3) is 11.5 Å². The Morgan fingerprint density at radius 2 is 1.96 bits per heavy atom. The van der Waals surface area contributed by atoms with E-state index in [0.717, 1.165) is 12.8 Å². The number of ketones is 1. The van der Waals surface area contributed by atoms with E-state index >= 15 is 0 Å². The van der Waals surface area contributed by atoms with Crippen molar-refractivity contribution in [3.63, 3.8) is 0 Å². The van der Waals surface area contributed by atoms with Gasteiger partial charge in [-0.15, -0.1) is 11.3 Å². The summed E-state index contributed by atoms with van der Waals surface area (Å²) in [4.78, 5) is 48.2. The van der Waals surface area contributed by atoms with Gasteiger partial charge in [-0.2, -0.15) is 0 Å². The minimum absolute atomic E-state index is 0.0832. The van der Waals surface area contributed by atoms with Crippen molar-refractivity contribution in [1.82, 2.24) is 14.9 Å². The van der Waals surface area contributed by atoms with Gasteiger partial charge in [0.2, 0.25) is 0 Å². The number of carbonyl (C=O) groups excluding carboxylic acids is 2. The largest absolute Gasteiger partial charge is 0.337 e. The average molecular weight is 395 g/mol. The lowest BCUT2D eigenvalue weighted by molar-refractivity contribution is 0.0640. The van der Waals surface area contributed by atoms with Gasteiger partial charge in [0.1, 0.15) is 10.7 Å². The zero-order chi connectivity index (χ0) is 19.8. The molecule has 144 valence electrons. The maximum Gasteiger partial charge on any atom is 0.264 e. The molecule has 1 aliphatic heterocycles. The van der Waals surface area contributed by atoms with Crippen LogP contribution in [0.3, 0.4) is 0 Å². The van der Waals surface area contributed by atoms with Crippen molar-refractivity contribution in [2.75, 3.05) is 13.1 Å². The molecule has 4 rings (SSSR count). The number of piperidine rings is 1. The molecule has 28 heavy (non-hydrogen) atoms. The molecule has 1 fully saturated rings. The number of nitrogens with zero attached hydrogens (tertiary/aromatic N) is 2. The van der Waals surface area contributed by atoms with Crippen LogP contribution >= 0.6 is 11.3 Å². The van der Waals surface area contributed by atoms with E-state index in [1.807, 2.05) is 30.3 Å². The molecular weight excluding hydrogens is 374 g/mol. The summed E-state index contributed by atoms with van der Waals surface area (Å²) in [6, 6.07) is 9.23. The molecular formula is C21H21N3O3S. The van der Waals surface area contributed by atoms with Crippen LogP contribution < -0.4 is 5.56 Å². The number of fused-ring (bicyclic) bond motifs is 1. The smallest absolute Gasteiger partial charge is 0.264 e. The number of benzene rings is 1. The Hall–Kier alpha value is -2.80. The molecule has 1 amide bonds. The molecule has 2 aromatic heterocycles. The van der Waals surface area contributed by atoms with Crippen LogP contribution in [0.1, 0.15) is 44.3 Å². The summed E-state index contributed by atoms with van der Waals surface area (Å²) >= 11 is 1.25. The highest BCUT2D eigenvalue weighted by Crippen LogP contribution is 2.30. The molecule has 3 aromatic rings. The monoisotopic (exact) mass is 395 g/mol. The van der Waals surface area contributed by atoms with Crippen LogP contribution in [0.4, 0.5) is 0 Å². The molecule has 0 aliphatic carbocycles. The van der Waals surface area contributed by atoms with Crippen molar-refractivity contribution in [2.24, 2.45) is 5.92 Å². The number of thiophene rings is 1. The summed E-state index contributed by atoms with van der Waals surface area (Å²) in [5.41, 5.74) is 1.13. The van der Waals surface area contributed by atoms with Gasteiger partial charge in [0.05, 0.1) is 10.3 Å². The Balaban J connectivity index is 1.61. The standard InChI is InChI=1S/C21H21N3O3S/c1-12-16-19(26)22-13(2)23-20(16)28-18(12)21(27)24-10-6-9-15(11-24)17(25)14-7-4-3-5-8-14/h3-5,7-8,15H,6,9-11H2,1-2H3,(H,22,23,26). The SMILES string of the molecule is Cc1nc2sc(C(=O)N3CCCC(C(=O)c4ccccc4)C3)c(C)c2c(=O)[nH]1. The highest BCUT2D eigenvalue weighted by molar-refractivity contribution is 7.20. The molecule has 1 N–H and O–H groups in total. The summed E-state index contributed by atoms with van der Waals surface area (Å²) in [5, 5.41) is 0.480. The quantitative estimate of drug-likeness (QED) is 0.690. The van der Waals surface area contributed by atoms with Crippen molar-refractivity contribution in [1.29, 1.82) is 0 Å². The normalized spacial score (nSPS) is 17.1. The second-order valence-electron chi connectivity index (χ2n) is 7.21. The molecule has 1 saturated heterocycles. The predicted octanol–water partition coefficient (Wildman–Crippen LogP) is 3.34. The van der Waals surface area contributed by atoms with E-state index in [1.54, 1.807) is 18.7 Å². The summed E-state index contributed by atoms with van der Waals surface area (Å²) < 4.78 is 0. The van der Waals surface area contributed by atoms with Gasteiger partial charge in [-0.3, -0.25) is 14.4 Å². The van der Waals surface area contributed by atoms with Crippen LogP contribution in [0.25, 0.3) is 10.2 Å². The minimum Gasteiger partial charge on any atom is -0.337 e. The van der Waals surface area contributed by atoms with Gasteiger partial charge in [0, 0.05) is 24.6 Å². The summed E-state index contributed by atoms with van der Waals surface area (Å²) in [7, 11) is 0. The van der Waals surface area contributed by atoms with Crippen LogP contribution in [0.2, 0.25) is 0 Å². The molecule has 0 spiro atoms. The van der Waals surface area contributed by atoms with Crippen LogP contribution in [-0.4, -0.2) is 39.6 Å². The Morgan fingerprint density at radius 1 is 1.21 bits per heavy atom. The van der Waals surface area contributed by atoms with E-state index < -0.39 is 0 Å². The fraction of sp³-hybridized carbons (Fsp3) is 0.333. The maximum absolute atomic E-state index is 13.2. The molecule has 1 aliphatic rings. The van der Waals surface area contributed by atoms with Crippen molar-refractivity contribution >= 4 is 33.2 Å². The fourth-order valence-corrected chi connectivity index (χ4v) is 5.01. The number of hydrogen-bond acceptors (Lipinski definition) is 5. The Labute approximate surface area is 166 Å². The number of likely N-dealkylation sites (tertiary alicyclic amines) is 1. The van der Waals surface area contributed by atoms with Crippen molar-refractivity contribution in [3.8, 4) is 0 Å². The lowest BCUT2D eigenvalue weighted by Gasteiger charge is -2.32. The third-order valence-corrected chi connectivity index (χ3v) is 6.42. The van der Waals surface area contributed by atoms with Crippen LogP contribution in [0.15, 0.2) is 35.1 Å². The van der Waals surface area contributed by atoms with Gasteiger partial charge in [-0.05, 0) is 32.3 Å². The van der Waals surface area contributed by atoms with E-state index in [2.05, 4.69) is 9.97 Å². The van der Waals surface area contributed by atoms with Gasteiger partial charge in [-0.1, -0.05) is 30.3 Å². The highest BCUT2D eigenvalue weighted by atomic mass is 32.1. The highest BCUT2D eigenvalue weighted by Gasteiger charge is 2.31. The summed E-state index contributed by atoms with van der Waals surface area (Å²) in [5.74, 6) is 0.297. The number of carbonyl (C=O) groups is 2. The van der Waals surface area contributed by atoms with Crippen molar-refractivity contribution in [2.45, 2.75) is 26.7 Å². The lowest BCUT2D eigenvalue weighted by Crippen LogP contribution is -2.42. The van der Waals surface area contributed by atoms with Crippen molar-refractivity contribution in [3.05, 3.63) is 62.5 Å². The number of rotatable bonds is 3. The molecule has 1 unspecified atom stereocenters. The molecule has 3 heterocycles. The number of aromatic amines is 1. The second-order valence-corrected chi connectivity index (χ2v) is 8.21. The van der Waals surface area contributed by atoms with Gasteiger partial charge < -0.3 is 9.88 Å². The molecule has 0 saturated carbocycles. The molecule has 1 atom stereocenters. The fourth-order valence-electron chi connectivity index (χ4n) is 3.81. The van der Waals surface area contributed by atoms with Crippen LogP contribution in [-0.2, 0) is 0 Å². The maximum atomic E-state index is 13.2. The second kappa shape index (κ2) is 7.31. The molecule has 0 radical (unpaired) electrons. The Bertz CT molecular complexity index is 1120. The average Bonchev–Trinajstić information content (AvgIpc) is 3.04. The van der Waals surface area contributed by atoms with E-state index in [9.17, 15) is 14.4 Å². The summed E-state index contributed by atoms with van der Waals surface area (Å²) in [6.45, 7) is 4.54. The zero-order valence-electron chi connectivity index (χ0n) is 15.8. The lowest BCUT2D eigenvalue weighted by atomic mass is 9.90. The van der Waals surface area contributed by atoms with Gasteiger partial charge >= 0.3 is 0 Å². The first kappa shape index (κ1) is 18.6. The third kappa shape index (κ3) is 3.26. The van der Waals surface area contributed by atoms with Crippen LogP contribution in [0.5, 0.6) is 0 Å². The van der Waals surface area contributed by atoms with E-state index in [1.165, 1.54) is 11.3 Å². The number of H-pyrrole nitrogens is 1. The first-order chi connectivity index (χ1) is 13.5. The third-order valence-electron chi connectivity index (χ3n) is 5.25. The molecule has 1 aromatic carbocycles. The Kier molecular flexibility index (Phi) is 4.85. The first-order valence-electron chi connectivity index (χ1n) is 9.34. The minimum atomic E-state index is -0.217. The van der Waals surface area contributed by atoms with E-state index in [0.29, 0.717) is 45.1 Å². The molecule has 7 heteroatoms. The van der Waals surface area contributed by atoms with Crippen molar-refractivity contribution < 1.29 is 9.59 Å². The van der Waals surface area contributed by atoms with Gasteiger partial charge in [0.15, 0.2) is 5.78 Å². The number of aromatic nitrogens is 2. The topological polar surface area (TPSA) is 83.1 Å². The predicted molar refractivity (Wildman–Crippen MR) is 109 cm³/mol. The number of amides is 1. The summed E-state index contributed by atoms with van der Waals surface area (Å²) in [6.07, 6.45) is 1.57.